The van der Waals surface area contributed by atoms with Gasteiger partial charge in [0.1, 0.15) is 9.88 Å². The molecule has 2 aromatic rings. The fraction of sp³-hybridized carbons (Fsp3) is 0.412. The topological polar surface area (TPSA) is 100 Å². The third-order valence-electron chi connectivity index (χ3n) is 4.80. The lowest BCUT2D eigenvalue weighted by Crippen LogP contribution is -2.42. The van der Waals surface area contributed by atoms with E-state index in [0.29, 0.717) is 33.2 Å². The summed E-state index contributed by atoms with van der Waals surface area (Å²) in [5, 5.41) is 7.21. The number of thiazole rings is 1. The molecule has 3 heterocycles. The summed E-state index contributed by atoms with van der Waals surface area (Å²) in [6.45, 7) is 0. The monoisotopic (exact) mass is 392 g/mol. The third-order valence-corrected chi connectivity index (χ3v) is 6.42. The van der Waals surface area contributed by atoms with E-state index in [9.17, 15) is 13.2 Å². The highest BCUT2D eigenvalue weighted by Crippen LogP contribution is 2.32. The first-order valence-electron chi connectivity index (χ1n) is 8.49. The number of rotatable bonds is 5. The molecule has 7 nitrogen and oxygen atoms in total. The van der Waals surface area contributed by atoms with Crippen molar-refractivity contribution in [1.29, 1.82) is 0 Å². The van der Waals surface area contributed by atoms with Gasteiger partial charge in [0.05, 0.1) is 18.1 Å². The van der Waals surface area contributed by atoms with Crippen molar-refractivity contribution < 1.29 is 13.2 Å². The molecule has 9 heteroatoms. The number of aromatic nitrogens is 1. The second kappa shape index (κ2) is 6.64. The molecule has 2 aliphatic heterocycles. The Labute approximate surface area is 156 Å². The predicted molar refractivity (Wildman–Crippen MR) is 102 cm³/mol. The van der Waals surface area contributed by atoms with E-state index < -0.39 is 10.0 Å². The van der Waals surface area contributed by atoms with Gasteiger partial charge in [-0.1, -0.05) is 12.1 Å². The van der Waals surface area contributed by atoms with Crippen molar-refractivity contribution in [3.8, 4) is 10.6 Å². The number of amides is 1. The molecular weight excluding hydrogens is 372 g/mol. The van der Waals surface area contributed by atoms with E-state index in [1.54, 1.807) is 24.4 Å². The number of anilines is 1. The fourth-order valence-electron chi connectivity index (χ4n) is 3.69. The van der Waals surface area contributed by atoms with E-state index in [4.69, 9.17) is 0 Å². The zero-order valence-corrected chi connectivity index (χ0v) is 15.9. The van der Waals surface area contributed by atoms with E-state index in [1.165, 1.54) is 17.8 Å². The van der Waals surface area contributed by atoms with Crippen LogP contribution in [0.5, 0.6) is 0 Å². The summed E-state index contributed by atoms with van der Waals surface area (Å²) in [7, 11) is -3.40. The van der Waals surface area contributed by atoms with Crippen LogP contribution in [0.4, 0.5) is 5.69 Å². The number of sulfonamides is 1. The quantitative estimate of drug-likeness (QED) is 0.720. The average molecular weight is 393 g/mol. The molecule has 3 atom stereocenters. The second-order valence-corrected chi connectivity index (χ2v) is 9.59. The van der Waals surface area contributed by atoms with Crippen molar-refractivity contribution in [3.05, 3.63) is 35.3 Å². The van der Waals surface area contributed by atoms with Gasteiger partial charge >= 0.3 is 0 Å². The molecule has 0 radical (unpaired) electrons. The Balaban J connectivity index is 1.52. The smallest absolute Gasteiger partial charge is 0.263 e. The Morgan fingerprint density at radius 1 is 1.31 bits per heavy atom. The highest BCUT2D eigenvalue weighted by Gasteiger charge is 2.39. The van der Waals surface area contributed by atoms with Crippen LogP contribution < -0.4 is 15.4 Å². The van der Waals surface area contributed by atoms with Gasteiger partial charge in [0.2, 0.25) is 10.0 Å². The van der Waals surface area contributed by atoms with Crippen LogP contribution in [-0.4, -0.2) is 43.7 Å². The highest BCUT2D eigenvalue weighted by atomic mass is 32.2. The standard InChI is InChI=1S/C17H20N4O3S2/c1-26(23,24)21-12-5-3-2-4-11(12)17-18-9-15(25-17)16(22)20-14-8-10-6-7-13(14)19-10/h2-5,9-10,13-14,19,21H,6-8H2,1H3,(H,20,22)/t10-,13+,14-/m1/s1. The molecule has 2 bridgehead atoms. The van der Waals surface area contributed by atoms with Gasteiger partial charge < -0.3 is 10.6 Å². The van der Waals surface area contributed by atoms with Gasteiger partial charge in [0.25, 0.3) is 5.91 Å². The molecule has 2 saturated heterocycles. The molecule has 0 spiro atoms. The van der Waals surface area contributed by atoms with Crippen molar-refractivity contribution in [3.63, 3.8) is 0 Å². The first-order chi connectivity index (χ1) is 12.4. The van der Waals surface area contributed by atoms with Crippen LogP contribution in [0.1, 0.15) is 28.9 Å². The van der Waals surface area contributed by atoms with Crippen LogP contribution in [-0.2, 0) is 10.0 Å². The molecule has 0 unspecified atom stereocenters. The Morgan fingerprint density at radius 2 is 2.12 bits per heavy atom. The largest absolute Gasteiger partial charge is 0.347 e. The predicted octanol–water partition coefficient (Wildman–Crippen LogP) is 1.80. The molecule has 0 saturated carbocycles. The SMILES string of the molecule is CS(=O)(=O)Nc1ccccc1-c1ncc(C(=O)N[C@@H]2C[C@H]3CC[C@@H]2N3)s1. The highest BCUT2D eigenvalue weighted by molar-refractivity contribution is 7.92. The Bertz CT molecular complexity index is 941. The lowest BCUT2D eigenvalue weighted by Gasteiger charge is -2.20. The minimum absolute atomic E-state index is 0.123. The van der Waals surface area contributed by atoms with Gasteiger partial charge in [0, 0.05) is 23.7 Å². The van der Waals surface area contributed by atoms with Crippen LogP contribution in [0.15, 0.2) is 30.5 Å². The lowest BCUT2D eigenvalue weighted by molar-refractivity contribution is 0.0935. The van der Waals surface area contributed by atoms with Gasteiger partial charge in [0.15, 0.2) is 0 Å². The van der Waals surface area contributed by atoms with E-state index >= 15 is 0 Å². The molecule has 1 aromatic heterocycles. The van der Waals surface area contributed by atoms with E-state index in [-0.39, 0.29) is 11.9 Å². The van der Waals surface area contributed by atoms with Gasteiger partial charge in [-0.3, -0.25) is 9.52 Å². The zero-order chi connectivity index (χ0) is 18.3. The van der Waals surface area contributed by atoms with Crippen LogP contribution >= 0.6 is 11.3 Å². The summed E-state index contributed by atoms with van der Waals surface area (Å²) in [6, 6.07) is 8.09. The summed E-state index contributed by atoms with van der Waals surface area (Å²) >= 11 is 1.26. The first-order valence-corrected chi connectivity index (χ1v) is 11.2. The average Bonchev–Trinajstić information content (AvgIpc) is 3.30. The van der Waals surface area contributed by atoms with Crippen LogP contribution in [0.3, 0.4) is 0 Å². The minimum Gasteiger partial charge on any atom is -0.347 e. The van der Waals surface area contributed by atoms with Crippen molar-refractivity contribution in [2.45, 2.75) is 37.4 Å². The minimum atomic E-state index is -3.40. The molecule has 2 fully saturated rings. The number of benzene rings is 1. The van der Waals surface area contributed by atoms with Crippen LogP contribution in [0.25, 0.3) is 10.6 Å². The van der Waals surface area contributed by atoms with E-state index in [0.717, 1.165) is 19.1 Å². The molecule has 1 aromatic carbocycles. The number of para-hydroxylation sites is 1. The molecule has 26 heavy (non-hydrogen) atoms. The molecule has 3 N–H and O–H groups in total. The molecular formula is C17H20N4O3S2. The van der Waals surface area contributed by atoms with Crippen molar-refractivity contribution in [1.82, 2.24) is 15.6 Å². The first kappa shape index (κ1) is 17.4. The zero-order valence-electron chi connectivity index (χ0n) is 14.2. The maximum absolute atomic E-state index is 12.6. The van der Waals surface area contributed by atoms with Crippen molar-refractivity contribution >= 4 is 33.0 Å². The second-order valence-electron chi connectivity index (χ2n) is 6.81. The molecule has 1 amide bonds. The maximum atomic E-state index is 12.6. The number of hydrogen-bond acceptors (Lipinski definition) is 6. The molecule has 4 rings (SSSR count). The van der Waals surface area contributed by atoms with Crippen molar-refractivity contribution in [2.24, 2.45) is 0 Å². The number of hydrogen-bond donors (Lipinski definition) is 3. The molecule has 138 valence electrons. The number of nitrogens with one attached hydrogen (secondary N) is 3. The van der Waals surface area contributed by atoms with E-state index in [1.807, 2.05) is 6.07 Å². The normalized spacial score (nSPS) is 24.6. The van der Waals surface area contributed by atoms with Crippen LogP contribution in [0, 0.1) is 0 Å². The Kier molecular flexibility index (Phi) is 4.45. The summed E-state index contributed by atoms with van der Waals surface area (Å²) in [6.07, 6.45) is 5.92. The van der Waals surface area contributed by atoms with Gasteiger partial charge in [-0.25, -0.2) is 13.4 Å². The molecule has 0 aliphatic carbocycles. The van der Waals surface area contributed by atoms with Gasteiger partial charge in [-0.05, 0) is 31.4 Å². The Morgan fingerprint density at radius 3 is 2.81 bits per heavy atom. The number of carbonyl (C=O) groups is 1. The van der Waals surface area contributed by atoms with Gasteiger partial charge in [-0.2, -0.15) is 0 Å². The number of nitrogens with zero attached hydrogens (tertiary/aromatic N) is 1. The fourth-order valence-corrected chi connectivity index (χ4v) is 5.12. The van der Waals surface area contributed by atoms with Gasteiger partial charge in [-0.15, -0.1) is 11.3 Å². The van der Waals surface area contributed by atoms with Crippen molar-refractivity contribution in [2.75, 3.05) is 11.0 Å². The third kappa shape index (κ3) is 3.60. The summed E-state index contributed by atoms with van der Waals surface area (Å²) < 4.78 is 25.6. The number of carbonyl (C=O) groups excluding carboxylic acids is 1. The lowest BCUT2D eigenvalue weighted by atomic mass is 9.95. The van der Waals surface area contributed by atoms with E-state index in [2.05, 4.69) is 20.3 Å². The summed E-state index contributed by atoms with van der Waals surface area (Å²) in [4.78, 5) is 17.4. The summed E-state index contributed by atoms with van der Waals surface area (Å²) in [5.74, 6) is -0.123. The number of fused-ring (bicyclic) bond motifs is 2. The summed E-state index contributed by atoms with van der Waals surface area (Å²) in [5.41, 5.74) is 1.11. The maximum Gasteiger partial charge on any atom is 0.263 e. The Hall–Kier alpha value is -1.97. The van der Waals surface area contributed by atoms with Crippen LogP contribution in [0.2, 0.25) is 0 Å². The molecule has 2 aliphatic rings.